The largest absolute Gasteiger partial charge is 0.465 e. The summed E-state index contributed by atoms with van der Waals surface area (Å²) in [6.45, 7) is 6.31. The van der Waals surface area contributed by atoms with Crippen molar-refractivity contribution in [3.63, 3.8) is 0 Å². The third-order valence-electron chi connectivity index (χ3n) is 6.30. The van der Waals surface area contributed by atoms with Crippen molar-refractivity contribution in [3.05, 3.63) is 107 Å². The van der Waals surface area contributed by atoms with Crippen LogP contribution in [0.25, 0.3) is 5.57 Å². The van der Waals surface area contributed by atoms with E-state index in [0.29, 0.717) is 6.54 Å². The Morgan fingerprint density at radius 3 is 2.33 bits per heavy atom. The Hall–Kier alpha value is -3.55. The third-order valence-corrected chi connectivity index (χ3v) is 6.30. The maximum absolute atomic E-state index is 12.5. The topological polar surface area (TPSA) is 50.8 Å². The molecule has 1 aliphatic heterocycles. The Balaban J connectivity index is 0.000000320. The second-order valence-corrected chi connectivity index (χ2v) is 9.78. The van der Waals surface area contributed by atoms with E-state index in [-0.39, 0.29) is 12.2 Å². The fourth-order valence-electron chi connectivity index (χ4n) is 4.54. The van der Waals surface area contributed by atoms with Crippen molar-refractivity contribution in [2.75, 3.05) is 20.7 Å². The molecule has 0 amide bonds. The van der Waals surface area contributed by atoms with E-state index in [4.69, 9.17) is 9.47 Å². The summed E-state index contributed by atoms with van der Waals surface area (Å²) in [4.78, 5) is 14.2. The molecule has 0 aliphatic carbocycles. The molecule has 0 aromatic heterocycles. The van der Waals surface area contributed by atoms with Crippen LogP contribution < -0.4 is 10.1 Å². The zero-order chi connectivity index (χ0) is 28.2. The number of allylic oxidation sites excluding steroid dienone is 2. The van der Waals surface area contributed by atoms with E-state index in [1.807, 2.05) is 49.5 Å². The normalized spacial score (nSPS) is 15.3. The lowest BCUT2D eigenvalue weighted by Gasteiger charge is -2.28. The van der Waals surface area contributed by atoms with Crippen molar-refractivity contribution in [2.24, 2.45) is 5.92 Å². The van der Waals surface area contributed by atoms with Gasteiger partial charge in [0.2, 0.25) is 0 Å². The number of carbonyl (C=O) groups is 1. The molecule has 1 fully saturated rings. The summed E-state index contributed by atoms with van der Waals surface area (Å²) in [6.07, 6.45) is 2.76. The van der Waals surface area contributed by atoms with Gasteiger partial charge >= 0.3 is 0 Å². The SMILES string of the molecule is CC(C)/C(=C(\C=O)c1ccc(OC2CCCO2)cc1)N(C)Cc1ccccc1.CNCc1ccc(F)c(F)c1. The number of ether oxygens (including phenoxy) is 2. The quantitative estimate of drug-likeness (QED) is 0.234. The summed E-state index contributed by atoms with van der Waals surface area (Å²) in [7, 11) is 3.79. The molecule has 0 bridgehead atoms. The van der Waals surface area contributed by atoms with Gasteiger partial charge in [0.25, 0.3) is 0 Å². The molecule has 208 valence electrons. The molecule has 1 N–H and O–H groups in total. The van der Waals surface area contributed by atoms with Gasteiger partial charge in [0.05, 0.1) is 6.61 Å². The predicted molar refractivity (Wildman–Crippen MR) is 151 cm³/mol. The van der Waals surface area contributed by atoms with Gasteiger partial charge in [0.15, 0.2) is 24.2 Å². The van der Waals surface area contributed by atoms with Gasteiger partial charge in [0, 0.05) is 37.8 Å². The van der Waals surface area contributed by atoms with Gasteiger partial charge in [-0.3, -0.25) is 4.79 Å². The van der Waals surface area contributed by atoms with Gasteiger partial charge in [-0.2, -0.15) is 0 Å². The highest BCUT2D eigenvalue weighted by Crippen LogP contribution is 2.28. The highest BCUT2D eigenvalue weighted by atomic mass is 19.2. The number of carbonyl (C=O) groups excluding carboxylic acids is 1. The number of nitrogens with one attached hydrogen (secondary N) is 1. The molecule has 3 aromatic rings. The lowest BCUT2D eigenvalue weighted by Crippen LogP contribution is -2.23. The van der Waals surface area contributed by atoms with Crippen molar-refractivity contribution < 1.29 is 23.0 Å². The molecule has 3 aromatic carbocycles. The minimum absolute atomic E-state index is 0.157. The standard InChI is InChI=1S/C24H29NO3.C8H9F2N/c1-18(2)24(25(3)16-19-8-5-4-6-9-19)22(17-26)20-11-13-21(14-12-20)28-23-10-7-15-27-23;1-11-5-6-2-3-7(9)8(10)4-6/h4-6,8-9,11-14,17-18,23H,7,10,15-16H2,1-3H3;2-4,11H,5H2,1H3/b24-22-;. The molecule has 7 heteroatoms. The smallest absolute Gasteiger partial charge is 0.199 e. The minimum Gasteiger partial charge on any atom is -0.465 e. The van der Waals surface area contributed by atoms with E-state index < -0.39 is 11.6 Å². The van der Waals surface area contributed by atoms with Crippen LogP contribution in [-0.2, 0) is 22.6 Å². The molecule has 1 saturated heterocycles. The monoisotopic (exact) mass is 536 g/mol. The Bertz CT molecular complexity index is 1210. The van der Waals surface area contributed by atoms with Crippen LogP contribution in [0, 0.1) is 17.6 Å². The number of nitrogens with zero attached hydrogens (tertiary/aromatic N) is 1. The van der Waals surface area contributed by atoms with Gasteiger partial charge in [-0.1, -0.05) is 62.4 Å². The number of hydrogen-bond donors (Lipinski definition) is 1. The van der Waals surface area contributed by atoms with Crippen LogP contribution in [0.4, 0.5) is 8.78 Å². The highest BCUT2D eigenvalue weighted by Gasteiger charge is 2.19. The van der Waals surface area contributed by atoms with Crippen molar-refractivity contribution in [1.29, 1.82) is 0 Å². The maximum Gasteiger partial charge on any atom is 0.199 e. The Morgan fingerprint density at radius 1 is 1.05 bits per heavy atom. The van der Waals surface area contributed by atoms with Crippen molar-refractivity contribution in [1.82, 2.24) is 10.2 Å². The van der Waals surface area contributed by atoms with Crippen LogP contribution in [-0.4, -0.2) is 38.2 Å². The maximum atomic E-state index is 12.5. The first-order valence-electron chi connectivity index (χ1n) is 13.2. The predicted octanol–water partition coefficient (Wildman–Crippen LogP) is 6.58. The van der Waals surface area contributed by atoms with Crippen molar-refractivity contribution in [2.45, 2.75) is 46.1 Å². The summed E-state index contributed by atoms with van der Waals surface area (Å²) in [5.74, 6) is -0.607. The second kappa shape index (κ2) is 15.1. The fraction of sp³-hybridized carbons (Fsp3) is 0.344. The highest BCUT2D eigenvalue weighted by molar-refractivity contribution is 6.08. The molecule has 1 atom stereocenters. The summed E-state index contributed by atoms with van der Waals surface area (Å²) >= 11 is 0. The zero-order valence-electron chi connectivity index (χ0n) is 23.1. The third kappa shape index (κ3) is 9.01. The van der Waals surface area contributed by atoms with Crippen LogP contribution in [0.2, 0.25) is 0 Å². The van der Waals surface area contributed by atoms with E-state index >= 15 is 0 Å². The van der Waals surface area contributed by atoms with Gasteiger partial charge < -0.3 is 19.7 Å². The Kier molecular flexibility index (Phi) is 11.6. The second-order valence-electron chi connectivity index (χ2n) is 9.78. The molecule has 5 nitrogen and oxygen atoms in total. The Morgan fingerprint density at radius 2 is 1.77 bits per heavy atom. The molecule has 39 heavy (non-hydrogen) atoms. The average Bonchev–Trinajstić information content (AvgIpc) is 3.44. The molecule has 0 radical (unpaired) electrons. The van der Waals surface area contributed by atoms with E-state index in [0.717, 1.165) is 66.5 Å². The first-order chi connectivity index (χ1) is 18.8. The average molecular weight is 537 g/mol. The first kappa shape index (κ1) is 30.0. The number of benzene rings is 3. The van der Waals surface area contributed by atoms with Crippen molar-refractivity contribution in [3.8, 4) is 5.75 Å². The molecule has 0 saturated carbocycles. The van der Waals surface area contributed by atoms with E-state index in [9.17, 15) is 13.6 Å². The summed E-state index contributed by atoms with van der Waals surface area (Å²) in [5, 5.41) is 2.84. The van der Waals surface area contributed by atoms with E-state index in [2.05, 4.69) is 36.2 Å². The summed E-state index contributed by atoms with van der Waals surface area (Å²) in [5.41, 5.74) is 4.61. The fourth-order valence-corrected chi connectivity index (χ4v) is 4.54. The molecule has 1 unspecified atom stereocenters. The van der Waals surface area contributed by atoms with Gasteiger partial charge in [-0.05, 0) is 60.3 Å². The van der Waals surface area contributed by atoms with Crippen LogP contribution in [0.1, 0.15) is 43.4 Å². The lowest BCUT2D eigenvalue weighted by atomic mass is 9.97. The van der Waals surface area contributed by atoms with E-state index in [1.165, 1.54) is 11.6 Å². The molecule has 1 aliphatic rings. The van der Waals surface area contributed by atoms with Gasteiger partial charge in [-0.15, -0.1) is 0 Å². The van der Waals surface area contributed by atoms with Crippen molar-refractivity contribution >= 4 is 11.9 Å². The number of hydrogen-bond acceptors (Lipinski definition) is 5. The zero-order valence-corrected chi connectivity index (χ0v) is 23.1. The Labute approximate surface area is 230 Å². The molecule has 1 heterocycles. The van der Waals surface area contributed by atoms with Gasteiger partial charge in [-0.25, -0.2) is 8.78 Å². The van der Waals surface area contributed by atoms with Crippen LogP contribution >= 0.6 is 0 Å². The van der Waals surface area contributed by atoms with Crippen LogP contribution in [0.5, 0.6) is 5.75 Å². The molecule has 0 spiro atoms. The summed E-state index contributed by atoms with van der Waals surface area (Å²) < 4.78 is 36.2. The van der Waals surface area contributed by atoms with Gasteiger partial charge in [0.1, 0.15) is 5.75 Å². The van der Waals surface area contributed by atoms with E-state index in [1.54, 1.807) is 13.1 Å². The lowest BCUT2D eigenvalue weighted by molar-refractivity contribution is -0.103. The van der Waals surface area contributed by atoms with Crippen LogP contribution in [0.3, 0.4) is 0 Å². The number of halogens is 2. The molecule has 4 rings (SSSR count). The molecular formula is C32H38F2N2O3. The first-order valence-corrected chi connectivity index (χ1v) is 13.2. The minimum atomic E-state index is -0.801. The number of rotatable bonds is 10. The number of aldehydes is 1. The summed E-state index contributed by atoms with van der Waals surface area (Å²) in [6, 6.07) is 21.9. The molecular weight excluding hydrogens is 498 g/mol. The van der Waals surface area contributed by atoms with Crippen LogP contribution in [0.15, 0.2) is 78.5 Å².